The zero-order valence-corrected chi connectivity index (χ0v) is 16.3. The average molecular weight is 414 g/mol. The fourth-order valence-corrected chi connectivity index (χ4v) is 4.16. The molecule has 1 atom stereocenters. The summed E-state index contributed by atoms with van der Waals surface area (Å²) in [6.07, 6.45) is 1.30. The summed E-state index contributed by atoms with van der Waals surface area (Å²) in [5, 5.41) is 3.13. The molecule has 0 aliphatic rings. The third-order valence-corrected chi connectivity index (χ3v) is 6.38. The van der Waals surface area contributed by atoms with Crippen LogP contribution in [0.25, 0.3) is 0 Å². The van der Waals surface area contributed by atoms with E-state index in [0.717, 1.165) is 15.6 Å². The molecular formula is C18H21BrFNO2S. The van der Waals surface area contributed by atoms with Gasteiger partial charge in [0.05, 0.1) is 4.90 Å². The smallest absolute Gasteiger partial charge is 0.209 e. The molecule has 2 aromatic rings. The topological polar surface area (TPSA) is 46.2 Å². The van der Waals surface area contributed by atoms with E-state index in [4.69, 9.17) is 0 Å². The molecule has 0 radical (unpaired) electrons. The Labute approximate surface area is 151 Å². The Bertz CT molecular complexity index is 820. The maximum Gasteiger partial charge on any atom is 0.209 e. The lowest BCUT2D eigenvalue weighted by molar-refractivity contribution is 0.560. The molecule has 0 aliphatic heterocycles. The maximum atomic E-state index is 14.5. The summed E-state index contributed by atoms with van der Waals surface area (Å²) >= 11 is 3.27. The highest BCUT2D eigenvalue weighted by Crippen LogP contribution is 2.28. The Kier molecular flexibility index (Phi) is 6.17. The number of hydrogen-bond acceptors (Lipinski definition) is 3. The number of benzene rings is 2. The third kappa shape index (κ3) is 4.05. The number of sulfone groups is 1. The number of halogens is 2. The van der Waals surface area contributed by atoms with Crippen LogP contribution in [-0.4, -0.2) is 21.5 Å². The van der Waals surface area contributed by atoms with E-state index in [1.165, 1.54) is 24.3 Å². The summed E-state index contributed by atoms with van der Waals surface area (Å²) < 4.78 is 40.9. The number of aryl methyl sites for hydroxylation is 1. The van der Waals surface area contributed by atoms with Gasteiger partial charge in [0.15, 0.2) is 0 Å². The van der Waals surface area contributed by atoms with E-state index in [-0.39, 0.29) is 15.8 Å². The molecule has 0 saturated carbocycles. The lowest BCUT2D eigenvalue weighted by Crippen LogP contribution is -2.24. The molecule has 0 fully saturated rings. The van der Waals surface area contributed by atoms with Crippen LogP contribution in [0.2, 0.25) is 0 Å². The Morgan fingerprint density at radius 1 is 1.17 bits per heavy atom. The molecule has 2 aromatic carbocycles. The Balaban J connectivity index is 2.56. The summed E-state index contributed by atoms with van der Waals surface area (Å²) in [7, 11) is -2.05. The SMILES string of the molecule is CCc1cc(F)c(S(=O)(=O)c2ccc(Br)cc2)cc1CC(C)NC. The van der Waals surface area contributed by atoms with Gasteiger partial charge in [-0.05, 0) is 74.3 Å². The number of likely N-dealkylation sites (N-methyl/N-ethyl adjacent to an activating group) is 1. The van der Waals surface area contributed by atoms with Gasteiger partial charge in [-0.15, -0.1) is 0 Å². The fourth-order valence-electron chi connectivity index (χ4n) is 2.53. The van der Waals surface area contributed by atoms with Crippen LogP contribution >= 0.6 is 15.9 Å². The van der Waals surface area contributed by atoms with Crippen LogP contribution in [0.4, 0.5) is 4.39 Å². The molecule has 0 saturated heterocycles. The first-order chi connectivity index (χ1) is 11.3. The van der Waals surface area contributed by atoms with E-state index in [9.17, 15) is 12.8 Å². The van der Waals surface area contributed by atoms with E-state index in [0.29, 0.717) is 12.8 Å². The number of rotatable bonds is 6. The molecule has 1 unspecified atom stereocenters. The van der Waals surface area contributed by atoms with Crippen molar-refractivity contribution in [2.24, 2.45) is 0 Å². The molecule has 1 N–H and O–H groups in total. The van der Waals surface area contributed by atoms with Gasteiger partial charge in [0, 0.05) is 10.5 Å². The molecule has 2 rings (SSSR count). The Hall–Kier alpha value is -1.24. The molecule has 6 heteroatoms. The molecule has 0 amide bonds. The zero-order chi connectivity index (χ0) is 17.9. The molecule has 0 aromatic heterocycles. The van der Waals surface area contributed by atoms with Crippen molar-refractivity contribution in [1.82, 2.24) is 5.32 Å². The van der Waals surface area contributed by atoms with Crippen molar-refractivity contribution in [2.45, 2.75) is 42.5 Å². The molecule has 0 bridgehead atoms. The third-order valence-electron chi connectivity index (χ3n) is 4.07. The Morgan fingerprint density at radius 2 is 1.79 bits per heavy atom. The van der Waals surface area contributed by atoms with Crippen molar-refractivity contribution < 1.29 is 12.8 Å². The lowest BCUT2D eigenvalue weighted by Gasteiger charge is -2.16. The van der Waals surface area contributed by atoms with Gasteiger partial charge in [0.1, 0.15) is 10.7 Å². The van der Waals surface area contributed by atoms with Crippen LogP contribution in [0.1, 0.15) is 25.0 Å². The van der Waals surface area contributed by atoms with E-state index >= 15 is 0 Å². The number of nitrogens with one attached hydrogen (secondary N) is 1. The second kappa shape index (κ2) is 7.76. The van der Waals surface area contributed by atoms with Gasteiger partial charge in [-0.25, -0.2) is 12.8 Å². The second-order valence-corrected chi connectivity index (χ2v) is 8.59. The maximum absolute atomic E-state index is 14.5. The summed E-state index contributed by atoms with van der Waals surface area (Å²) in [6, 6.07) is 9.22. The monoisotopic (exact) mass is 413 g/mol. The van der Waals surface area contributed by atoms with Gasteiger partial charge in [0.2, 0.25) is 9.84 Å². The van der Waals surface area contributed by atoms with Crippen molar-refractivity contribution in [3.8, 4) is 0 Å². The minimum Gasteiger partial charge on any atom is -0.317 e. The fraction of sp³-hybridized carbons (Fsp3) is 0.333. The first kappa shape index (κ1) is 19.1. The predicted molar refractivity (Wildman–Crippen MR) is 97.6 cm³/mol. The van der Waals surface area contributed by atoms with Gasteiger partial charge < -0.3 is 5.32 Å². The van der Waals surface area contributed by atoms with Gasteiger partial charge in [0.25, 0.3) is 0 Å². The normalized spacial score (nSPS) is 13.0. The van der Waals surface area contributed by atoms with Crippen molar-refractivity contribution in [1.29, 1.82) is 0 Å². The largest absolute Gasteiger partial charge is 0.317 e. The highest BCUT2D eigenvalue weighted by atomic mass is 79.9. The highest BCUT2D eigenvalue weighted by molar-refractivity contribution is 9.10. The summed E-state index contributed by atoms with van der Waals surface area (Å²) in [5.41, 5.74) is 1.70. The van der Waals surface area contributed by atoms with Gasteiger partial charge >= 0.3 is 0 Å². The minimum absolute atomic E-state index is 0.0847. The summed E-state index contributed by atoms with van der Waals surface area (Å²) in [4.78, 5) is -0.179. The standard InChI is InChI=1S/C18H21BrFNO2S/c1-4-13-10-17(20)18(11-14(13)9-12(2)21-3)24(22,23)16-7-5-15(19)6-8-16/h5-8,10-12,21H,4,9H2,1-3H3. The molecular weight excluding hydrogens is 393 g/mol. The lowest BCUT2D eigenvalue weighted by atomic mass is 9.99. The highest BCUT2D eigenvalue weighted by Gasteiger charge is 2.24. The van der Waals surface area contributed by atoms with Crippen LogP contribution in [0.3, 0.4) is 0 Å². The average Bonchev–Trinajstić information content (AvgIpc) is 2.56. The van der Waals surface area contributed by atoms with Gasteiger partial charge in [-0.2, -0.15) is 0 Å². The van der Waals surface area contributed by atoms with Crippen LogP contribution in [0.15, 0.2) is 50.7 Å². The second-order valence-electron chi connectivity index (χ2n) is 5.76. The first-order valence-electron chi connectivity index (χ1n) is 7.78. The summed E-state index contributed by atoms with van der Waals surface area (Å²) in [6.45, 7) is 3.94. The van der Waals surface area contributed by atoms with Gasteiger partial charge in [-0.1, -0.05) is 22.9 Å². The Morgan fingerprint density at radius 3 is 2.33 bits per heavy atom. The van der Waals surface area contributed by atoms with Crippen molar-refractivity contribution >= 4 is 25.8 Å². The van der Waals surface area contributed by atoms with E-state index < -0.39 is 15.7 Å². The minimum atomic E-state index is -3.89. The van der Waals surface area contributed by atoms with E-state index in [2.05, 4.69) is 21.2 Å². The first-order valence-corrected chi connectivity index (χ1v) is 10.1. The van der Waals surface area contributed by atoms with E-state index in [1.807, 2.05) is 20.9 Å². The van der Waals surface area contributed by atoms with Crippen molar-refractivity contribution in [2.75, 3.05) is 7.05 Å². The molecule has 24 heavy (non-hydrogen) atoms. The zero-order valence-electron chi connectivity index (χ0n) is 13.9. The van der Waals surface area contributed by atoms with Gasteiger partial charge in [-0.3, -0.25) is 0 Å². The predicted octanol–water partition coefficient (Wildman–Crippen LogP) is 4.13. The molecule has 130 valence electrons. The van der Waals surface area contributed by atoms with Crippen molar-refractivity contribution in [3.63, 3.8) is 0 Å². The molecule has 0 heterocycles. The van der Waals surface area contributed by atoms with Crippen LogP contribution < -0.4 is 5.32 Å². The quantitative estimate of drug-likeness (QED) is 0.773. The molecule has 0 spiro atoms. The van der Waals surface area contributed by atoms with E-state index in [1.54, 1.807) is 12.1 Å². The summed E-state index contributed by atoms with van der Waals surface area (Å²) in [5.74, 6) is -0.698. The molecule has 3 nitrogen and oxygen atoms in total. The van der Waals surface area contributed by atoms with Crippen molar-refractivity contribution in [3.05, 3.63) is 57.8 Å². The van der Waals surface area contributed by atoms with Crippen LogP contribution in [0.5, 0.6) is 0 Å². The number of hydrogen-bond donors (Lipinski definition) is 1. The van der Waals surface area contributed by atoms with Crippen LogP contribution in [-0.2, 0) is 22.7 Å². The van der Waals surface area contributed by atoms with Crippen LogP contribution in [0, 0.1) is 5.82 Å². The molecule has 0 aliphatic carbocycles.